The van der Waals surface area contributed by atoms with Gasteiger partial charge in [0.1, 0.15) is 0 Å². The number of piperidine rings is 1. The summed E-state index contributed by atoms with van der Waals surface area (Å²) >= 11 is 0. The number of likely N-dealkylation sites (tertiary alicyclic amines) is 1. The standard InChI is InChI=1S/C34H48N4O7/c1-4-43-29(40)23-36-30(33(42)44-5-2)28(39)21-34(14-7-6-8-15-34)16-19-38-17-11-25(12-18-38)37-32(41)31-26(13-20-45-31)27-10-9-24(3)22-35-27/h9-10,13,20,22,25,30,36H,4-8,11-12,14-19,21,23H2,1-3H3,(H,37,41). The number of ketones is 1. The number of rotatable bonds is 15. The first-order chi connectivity index (χ1) is 21.7. The van der Waals surface area contributed by atoms with Crippen molar-refractivity contribution in [1.29, 1.82) is 0 Å². The third-order valence-corrected chi connectivity index (χ3v) is 9.00. The fourth-order valence-corrected chi connectivity index (χ4v) is 6.50. The largest absolute Gasteiger partial charge is 0.465 e. The van der Waals surface area contributed by atoms with Crippen molar-refractivity contribution in [2.24, 2.45) is 5.41 Å². The Bertz CT molecular complexity index is 1280. The third kappa shape index (κ3) is 9.71. The first kappa shape index (κ1) is 34.3. The Hall–Kier alpha value is -3.57. The van der Waals surface area contributed by atoms with Gasteiger partial charge >= 0.3 is 11.9 Å². The van der Waals surface area contributed by atoms with Gasteiger partial charge in [0.05, 0.1) is 37.3 Å². The van der Waals surface area contributed by atoms with E-state index in [1.165, 1.54) is 6.26 Å². The number of hydrogen-bond donors (Lipinski definition) is 2. The van der Waals surface area contributed by atoms with Crippen molar-refractivity contribution in [2.75, 3.05) is 39.4 Å². The van der Waals surface area contributed by atoms with Crippen molar-refractivity contribution in [3.63, 3.8) is 0 Å². The van der Waals surface area contributed by atoms with Crippen molar-refractivity contribution in [2.45, 2.75) is 90.6 Å². The smallest absolute Gasteiger partial charge is 0.330 e. The molecule has 2 aromatic rings. The van der Waals surface area contributed by atoms with Gasteiger partial charge in [-0.05, 0) is 82.5 Å². The molecule has 1 saturated heterocycles. The van der Waals surface area contributed by atoms with E-state index < -0.39 is 18.0 Å². The second-order valence-corrected chi connectivity index (χ2v) is 12.3. The number of pyridine rings is 1. The van der Waals surface area contributed by atoms with Gasteiger partial charge in [0, 0.05) is 31.7 Å². The van der Waals surface area contributed by atoms with Gasteiger partial charge < -0.3 is 24.1 Å². The average Bonchev–Trinajstić information content (AvgIpc) is 3.52. The molecule has 1 aliphatic heterocycles. The molecule has 2 aromatic heterocycles. The number of nitrogens with zero attached hydrogens (tertiary/aromatic N) is 2. The molecule has 45 heavy (non-hydrogen) atoms. The number of ether oxygens (including phenoxy) is 2. The van der Waals surface area contributed by atoms with Gasteiger partial charge in [-0.2, -0.15) is 0 Å². The monoisotopic (exact) mass is 624 g/mol. The van der Waals surface area contributed by atoms with Crippen LogP contribution in [0.3, 0.4) is 0 Å². The maximum absolute atomic E-state index is 13.5. The van der Waals surface area contributed by atoms with Crippen LogP contribution in [0.1, 0.15) is 87.8 Å². The molecule has 1 unspecified atom stereocenters. The van der Waals surface area contributed by atoms with Crippen molar-refractivity contribution in [1.82, 2.24) is 20.5 Å². The number of carbonyl (C=O) groups excluding carboxylic acids is 4. The Morgan fingerprint density at radius 3 is 2.44 bits per heavy atom. The molecule has 246 valence electrons. The Morgan fingerprint density at radius 2 is 1.78 bits per heavy atom. The Kier molecular flexibility index (Phi) is 12.7. The van der Waals surface area contributed by atoms with Crippen LogP contribution < -0.4 is 10.6 Å². The predicted molar refractivity (Wildman–Crippen MR) is 168 cm³/mol. The number of Topliss-reactive ketones (excluding diaryl/α,β-unsaturated/α-hetero) is 1. The normalized spacial score (nSPS) is 17.8. The van der Waals surface area contributed by atoms with Crippen LogP contribution in [-0.4, -0.2) is 85.0 Å². The zero-order chi connectivity index (χ0) is 32.2. The molecule has 0 spiro atoms. The van der Waals surface area contributed by atoms with Crippen molar-refractivity contribution >= 4 is 23.6 Å². The van der Waals surface area contributed by atoms with Gasteiger partial charge in [0.25, 0.3) is 5.91 Å². The van der Waals surface area contributed by atoms with Crippen LogP contribution in [0.15, 0.2) is 35.1 Å². The van der Waals surface area contributed by atoms with Crippen molar-refractivity contribution < 1.29 is 33.1 Å². The minimum absolute atomic E-state index is 0.0405. The SMILES string of the molecule is CCOC(=O)CNC(C(=O)CC1(CCN2CCC(NC(=O)c3occc3-c3ccc(C)cn3)CC2)CCCCC1)C(=O)OCC. The van der Waals surface area contributed by atoms with Crippen LogP contribution >= 0.6 is 0 Å². The number of nitrogens with one attached hydrogen (secondary N) is 2. The lowest BCUT2D eigenvalue weighted by Crippen LogP contribution is -2.49. The van der Waals surface area contributed by atoms with Gasteiger partial charge in [0.2, 0.25) is 5.76 Å². The van der Waals surface area contributed by atoms with E-state index in [4.69, 9.17) is 13.9 Å². The summed E-state index contributed by atoms with van der Waals surface area (Å²) in [5, 5.41) is 5.94. The molecule has 2 aliphatic rings. The molecule has 4 rings (SSSR count). The minimum atomic E-state index is -1.19. The van der Waals surface area contributed by atoms with Crippen LogP contribution in [0.5, 0.6) is 0 Å². The van der Waals surface area contributed by atoms with Gasteiger partial charge in [-0.25, -0.2) is 4.79 Å². The highest BCUT2D eigenvalue weighted by atomic mass is 16.5. The van der Waals surface area contributed by atoms with Crippen molar-refractivity contribution in [3.05, 3.63) is 42.0 Å². The molecule has 3 heterocycles. The molecule has 1 aliphatic carbocycles. The molecule has 1 saturated carbocycles. The Morgan fingerprint density at radius 1 is 1.04 bits per heavy atom. The van der Waals surface area contributed by atoms with Gasteiger partial charge in [-0.3, -0.25) is 24.7 Å². The second-order valence-electron chi connectivity index (χ2n) is 12.3. The van der Waals surface area contributed by atoms with Crippen LogP contribution in [0.2, 0.25) is 0 Å². The summed E-state index contributed by atoms with van der Waals surface area (Å²) in [5.74, 6) is -1.36. The number of amides is 1. The van der Waals surface area contributed by atoms with E-state index in [0.29, 0.717) is 11.3 Å². The van der Waals surface area contributed by atoms with Crippen LogP contribution in [0.25, 0.3) is 11.3 Å². The quantitative estimate of drug-likeness (QED) is 0.219. The topological polar surface area (TPSA) is 140 Å². The Balaban J connectivity index is 1.30. The highest BCUT2D eigenvalue weighted by Gasteiger charge is 2.39. The van der Waals surface area contributed by atoms with Gasteiger partial charge in [-0.1, -0.05) is 25.3 Å². The molecule has 2 fully saturated rings. The van der Waals surface area contributed by atoms with E-state index in [0.717, 1.165) is 76.6 Å². The molecule has 0 radical (unpaired) electrons. The van der Waals surface area contributed by atoms with Crippen molar-refractivity contribution in [3.8, 4) is 11.3 Å². The number of aromatic nitrogens is 1. The van der Waals surface area contributed by atoms with E-state index in [9.17, 15) is 19.2 Å². The fourth-order valence-electron chi connectivity index (χ4n) is 6.50. The van der Waals surface area contributed by atoms with Gasteiger partial charge in [-0.15, -0.1) is 0 Å². The van der Waals surface area contributed by atoms with E-state index >= 15 is 0 Å². The number of furan rings is 1. The van der Waals surface area contributed by atoms with E-state index in [-0.39, 0.29) is 55.1 Å². The zero-order valence-corrected chi connectivity index (χ0v) is 26.9. The second kappa shape index (κ2) is 16.7. The van der Waals surface area contributed by atoms with E-state index in [1.807, 2.05) is 19.1 Å². The lowest BCUT2D eigenvalue weighted by Gasteiger charge is -2.40. The first-order valence-corrected chi connectivity index (χ1v) is 16.4. The number of esters is 2. The van der Waals surface area contributed by atoms with Crippen LogP contribution in [-0.2, 0) is 23.9 Å². The number of hydrogen-bond acceptors (Lipinski definition) is 10. The zero-order valence-electron chi connectivity index (χ0n) is 26.9. The lowest BCUT2D eigenvalue weighted by atomic mass is 9.68. The summed E-state index contributed by atoms with van der Waals surface area (Å²) in [4.78, 5) is 58.1. The average molecular weight is 625 g/mol. The summed E-state index contributed by atoms with van der Waals surface area (Å²) in [7, 11) is 0. The number of aryl methyl sites for hydroxylation is 1. The summed E-state index contributed by atoms with van der Waals surface area (Å²) in [6.07, 6.45) is 11.1. The maximum atomic E-state index is 13.5. The molecule has 2 N–H and O–H groups in total. The molecule has 0 aromatic carbocycles. The summed E-state index contributed by atoms with van der Waals surface area (Å²) in [6, 6.07) is 4.47. The summed E-state index contributed by atoms with van der Waals surface area (Å²) < 4.78 is 15.7. The van der Waals surface area contributed by atoms with E-state index in [1.54, 1.807) is 26.1 Å². The Labute approximate surface area is 265 Å². The molecular weight excluding hydrogens is 576 g/mol. The molecule has 11 heteroatoms. The fraction of sp³-hybridized carbons (Fsp3) is 0.618. The maximum Gasteiger partial charge on any atom is 0.330 e. The van der Waals surface area contributed by atoms with Crippen LogP contribution in [0, 0.1) is 12.3 Å². The molecule has 11 nitrogen and oxygen atoms in total. The molecular formula is C34H48N4O7. The molecule has 1 atom stereocenters. The summed E-state index contributed by atoms with van der Waals surface area (Å²) in [5.41, 5.74) is 2.23. The predicted octanol–water partition coefficient (Wildman–Crippen LogP) is 4.23. The minimum Gasteiger partial charge on any atom is -0.465 e. The highest BCUT2D eigenvalue weighted by Crippen LogP contribution is 2.43. The molecule has 0 bridgehead atoms. The van der Waals surface area contributed by atoms with E-state index in [2.05, 4.69) is 20.5 Å². The third-order valence-electron chi connectivity index (χ3n) is 9.00. The van der Waals surface area contributed by atoms with Crippen LogP contribution in [0.4, 0.5) is 0 Å². The van der Waals surface area contributed by atoms with Gasteiger partial charge in [0.15, 0.2) is 11.8 Å². The highest BCUT2D eigenvalue weighted by molar-refractivity contribution is 6.03. The number of carbonyl (C=O) groups is 4. The summed E-state index contributed by atoms with van der Waals surface area (Å²) in [6.45, 7) is 8.03. The lowest BCUT2D eigenvalue weighted by molar-refractivity contribution is -0.150. The molecule has 1 amide bonds. The first-order valence-electron chi connectivity index (χ1n) is 16.4.